The Hall–Kier alpha value is -2.46. The number of carbonyl (C=O) groups is 2. The summed E-state index contributed by atoms with van der Waals surface area (Å²) >= 11 is 3.42. The van der Waals surface area contributed by atoms with Crippen molar-refractivity contribution in [3.63, 3.8) is 0 Å². The van der Waals surface area contributed by atoms with Crippen LogP contribution in [-0.2, 0) is 11.2 Å². The Bertz CT molecular complexity index is 1080. The van der Waals surface area contributed by atoms with Crippen LogP contribution in [0.25, 0.3) is 6.08 Å². The van der Waals surface area contributed by atoms with Gasteiger partial charge in [0.25, 0.3) is 0 Å². The highest BCUT2D eigenvalue weighted by Gasteiger charge is 2.27. The molecule has 2 aromatic carbocycles. The van der Waals surface area contributed by atoms with Crippen LogP contribution in [0.15, 0.2) is 64.8 Å². The van der Waals surface area contributed by atoms with Crippen molar-refractivity contribution in [3.8, 4) is 5.75 Å². The van der Waals surface area contributed by atoms with Crippen LogP contribution >= 0.6 is 15.9 Å². The molecule has 38 heavy (non-hydrogen) atoms. The molecule has 0 amide bonds. The van der Waals surface area contributed by atoms with E-state index in [0.29, 0.717) is 29.9 Å². The van der Waals surface area contributed by atoms with E-state index < -0.39 is 0 Å². The molecule has 1 heterocycles. The van der Waals surface area contributed by atoms with Gasteiger partial charge in [-0.2, -0.15) is 0 Å². The van der Waals surface area contributed by atoms with Crippen LogP contribution in [0.4, 0.5) is 0 Å². The lowest BCUT2D eigenvalue weighted by Gasteiger charge is -2.04. The maximum atomic E-state index is 12.8. The monoisotopic (exact) mass is 578 g/mol. The summed E-state index contributed by atoms with van der Waals surface area (Å²) in [4.78, 5) is 25.4. The average molecular weight is 580 g/mol. The predicted molar refractivity (Wildman–Crippen MR) is 162 cm³/mol. The molecule has 0 N–H and O–H groups in total. The highest BCUT2D eigenvalue weighted by atomic mass is 79.9. The zero-order chi connectivity index (χ0) is 27.0. The van der Waals surface area contributed by atoms with Gasteiger partial charge in [-0.25, -0.2) is 0 Å². The number of hydrogen-bond acceptors (Lipinski definition) is 3. The minimum absolute atomic E-state index is 0.130. The Kier molecular flexibility index (Phi) is 13.6. The van der Waals surface area contributed by atoms with E-state index in [1.807, 2.05) is 36.4 Å². The fourth-order valence-electron chi connectivity index (χ4n) is 4.77. The molecule has 0 aliphatic carbocycles. The summed E-state index contributed by atoms with van der Waals surface area (Å²) in [5.74, 6) is 0.986. The highest BCUT2D eigenvalue weighted by Crippen LogP contribution is 2.33. The smallest absolute Gasteiger partial charge is 0.231 e. The van der Waals surface area contributed by atoms with Gasteiger partial charge < -0.3 is 4.74 Å². The van der Waals surface area contributed by atoms with Crippen molar-refractivity contribution in [2.24, 2.45) is 0 Å². The maximum absolute atomic E-state index is 12.8. The van der Waals surface area contributed by atoms with E-state index in [4.69, 9.17) is 4.74 Å². The number of fused-ring (bicyclic) bond motifs is 1. The minimum atomic E-state index is -0.130. The predicted octanol–water partition coefficient (Wildman–Crippen LogP) is 10.2. The summed E-state index contributed by atoms with van der Waals surface area (Å²) in [6.07, 6.45) is 23.7. The Balaban J connectivity index is 1.27. The second-order valence-corrected chi connectivity index (χ2v) is 11.3. The first-order valence-corrected chi connectivity index (χ1v) is 15.4. The van der Waals surface area contributed by atoms with E-state index in [1.165, 1.54) is 70.6 Å². The molecule has 1 aliphatic rings. The number of hydrogen-bond donors (Lipinski definition) is 0. The van der Waals surface area contributed by atoms with Gasteiger partial charge in [-0.15, -0.1) is 0 Å². The van der Waals surface area contributed by atoms with Crippen molar-refractivity contribution < 1.29 is 14.3 Å². The Morgan fingerprint density at radius 1 is 0.816 bits per heavy atom. The number of benzene rings is 2. The van der Waals surface area contributed by atoms with Crippen LogP contribution < -0.4 is 4.74 Å². The molecule has 0 saturated heterocycles. The summed E-state index contributed by atoms with van der Waals surface area (Å²) in [6, 6.07) is 13.2. The van der Waals surface area contributed by atoms with Crippen LogP contribution in [0.3, 0.4) is 0 Å². The second kappa shape index (κ2) is 17.2. The summed E-state index contributed by atoms with van der Waals surface area (Å²) < 4.78 is 6.77. The highest BCUT2D eigenvalue weighted by molar-refractivity contribution is 9.10. The number of carbonyl (C=O) groups excluding carboxylic acids is 2. The summed E-state index contributed by atoms with van der Waals surface area (Å²) in [6.45, 7) is 2.26. The lowest BCUT2D eigenvalue weighted by molar-refractivity contribution is -0.118. The van der Waals surface area contributed by atoms with E-state index in [1.54, 1.807) is 12.1 Å². The van der Waals surface area contributed by atoms with Gasteiger partial charge in [0.2, 0.25) is 5.78 Å². The van der Waals surface area contributed by atoms with E-state index in [-0.39, 0.29) is 11.6 Å². The fourth-order valence-corrected chi connectivity index (χ4v) is 5.03. The van der Waals surface area contributed by atoms with Crippen molar-refractivity contribution in [2.75, 3.05) is 0 Å². The third-order valence-corrected chi connectivity index (χ3v) is 7.55. The summed E-state index contributed by atoms with van der Waals surface area (Å²) in [7, 11) is 0. The molecule has 0 bridgehead atoms. The number of allylic oxidation sites excluding steroid dienone is 3. The first-order chi connectivity index (χ1) is 18.6. The summed E-state index contributed by atoms with van der Waals surface area (Å²) in [5, 5.41) is 0. The van der Waals surface area contributed by atoms with Gasteiger partial charge in [-0.3, -0.25) is 9.59 Å². The van der Waals surface area contributed by atoms with E-state index in [9.17, 15) is 9.59 Å². The second-order valence-electron chi connectivity index (χ2n) is 10.4. The van der Waals surface area contributed by atoms with Gasteiger partial charge in [-0.1, -0.05) is 105 Å². The molecular formula is C34H43BrO3. The van der Waals surface area contributed by atoms with Crippen LogP contribution in [0, 0.1) is 0 Å². The van der Waals surface area contributed by atoms with Gasteiger partial charge >= 0.3 is 0 Å². The van der Waals surface area contributed by atoms with Crippen LogP contribution in [0.2, 0.25) is 0 Å². The normalized spacial score (nSPS) is 13.8. The van der Waals surface area contributed by atoms with Gasteiger partial charge in [0.1, 0.15) is 11.5 Å². The first kappa shape index (κ1) is 30.1. The van der Waals surface area contributed by atoms with Crippen molar-refractivity contribution in [3.05, 3.63) is 81.5 Å². The van der Waals surface area contributed by atoms with Gasteiger partial charge in [0.15, 0.2) is 5.76 Å². The van der Waals surface area contributed by atoms with Crippen LogP contribution in [0.1, 0.15) is 118 Å². The Morgan fingerprint density at radius 3 is 2.13 bits per heavy atom. The van der Waals surface area contributed by atoms with Gasteiger partial charge in [0, 0.05) is 17.3 Å². The molecule has 204 valence electrons. The molecule has 0 radical (unpaired) electrons. The average Bonchev–Trinajstić information content (AvgIpc) is 3.22. The van der Waals surface area contributed by atoms with Gasteiger partial charge in [-0.05, 0) is 73.6 Å². The van der Waals surface area contributed by atoms with E-state index in [0.717, 1.165) is 28.4 Å². The van der Waals surface area contributed by atoms with Crippen molar-refractivity contribution in [1.29, 1.82) is 0 Å². The molecule has 2 aromatic rings. The molecule has 3 nitrogen and oxygen atoms in total. The Labute approximate surface area is 237 Å². The lowest BCUT2D eigenvalue weighted by Crippen LogP contribution is -2.03. The number of unbranched alkanes of at least 4 members (excludes halogenated alkanes) is 11. The third-order valence-electron chi connectivity index (χ3n) is 7.02. The molecule has 0 saturated carbocycles. The zero-order valence-corrected chi connectivity index (χ0v) is 24.6. The summed E-state index contributed by atoms with van der Waals surface area (Å²) in [5.41, 5.74) is 2.32. The molecule has 1 aliphatic heterocycles. The van der Waals surface area contributed by atoms with E-state index in [2.05, 4.69) is 35.0 Å². The fraction of sp³-hybridized carbons (Fsp3) is 0.471. The number of ether oxygens (including phenoxy) is 1. The molecule has 4 heteroatoms. The third kappa shape index (κ3) is 10.7. The van der Waals surface area contributed by atoms with E-state index >= 15 is 0 Å². The molecule has 0 fully saturated rings. The van der Waals surface area contributed by atoms with Crippen LogP contribution in [-0.4, -0.2) is 11.6 Å². The molecule has 0 aromatic heterocycles. The standard InChI is InChI=1S/C34H43BrO3/c1-2-3-4-5-6-7-8-9-10-11-12-13-14-15-16-17-30(36)24-28-20-23-32-31(25-28)34(37)33(38-32)26-27-18-21-29(35)22-19-27/h9-10,18-23,25-26H,2-8,11-17,24H2,1H3/b10-9+,33-26-. The number of ketones is 2. The number of halogens is 1. The molecule has 3 rings (SSSR count). The topological polar surface area (TPSA) is 43.4 Å². The van der Waals surface area contributed by atoms with Crippen molar-refractivity contribution >= 4 is 33.6 Å². The van der Waals surface area contributed by atoms with Crippen molar-refractivity contribution in [2.45, 2.75) is 103 Å². The molecular weight excluding hydrogens is 536 g/mol. The SMILES string of the molecule is CCCCCCCC/C=C/CCCCCCCC(=O)Cc1ccc2c(c1)C(=O)/C(=C/c1ccc(Br)cc1)O2. The quantitative estimate of drug-likeness (QED) is 0.100. The first-order valence-electron chi connectivity index (χ1n) is 14.6. The van der Waals surface area contributed by atoms with Gasteiger partial charge in [0.05, 0.1) is 5.56 Å². The Morgan fingerprint density at radius 2 is 1.45 bits per heavy atom. The van der Waals surface area contributed by atoms with Crippen molar-refractivity contribution in [1.82, 2.24) is 0 Å². The lowest BCUT2D eigenvalue weighted by atomic mass is 10.00. The number of rotatable bonds is 18. The molecule has 0 spiro atoms. The maximum Gasteiger partial charge on any atom is 0.231 e. The molecule has 0 unspecified atom stereocenters. The zero-order valence-electron chi connectivity index (χ0n) is 23.0. The number of Topliss-reactive ketones (excluding diaryl/α,β-unsaturated/α-hetero) is 2. The minimum Gasteiger partial charge on any atom is -0.452 e. The largest absolute Gasteiger partial charge is 0.452 e. The van der Waals surface area contributed by atoms with Crippen LogP contribution in [0.5, 0.6) is 5.75 Å². The molecule has 0 atom stereocenters.